The third-order valence-corrected chi connectivity index (χ3v) is 4.60. The summed E-state index contributed by atoms with van der Waals surface area (Å²) in [7, 11) is 1.71. The third kappa shape index (κ3) is 2.33. The van der Waals surface area contributed by atoms with E-state index in [0.29, 0.717) is 0 Å². The van der Waals surface area contributed by atoms with Crippen LogP contribution >= 0.6 is 23.5 Å². The molecular formula is C13H17NOS2. The zero-order valence-corrected chi connectivity index (χ0v) is 12.0. The van der Waals surface area contributed by atoms with Crippen molar-refractivity contribution in [3.8, 4) is 5.75 Å². The molecule has 0 atom stereocenters. The van der Waals surface area contributed by atoms with E-state index >= 15 is 0 Å². The van der Waals surface area contributed by atoms with Gasteiger partial charge in [-0.3, -0.25) is 4.99 Å². The molecular weight excluding hydrogens is 250 g/mol. The van der Waals surface area contributed by atoms with Gasteiger partial charge in [0.05, 0.1) is 18.2 Å². The molecule has 1 aliphatic rings. The topological polar surface area (TPSA) is 21.6 Å². The van der Waals surface area contributed by atoms with E-state index in [1.807, 2.05) is 35.7 Å². The van der Waals surface area contributed by atoms with Gasteiger partial charge < -0.3 is 4.74 Å². The van der Waals surface area contributed by atoms with Crippen LogP contribution in [0.1, 0.15) is 5.56 Å². The summed E-state index contributed by atoms with van der Waals surface area (Å²) in [6.07, 6.45) is 6.41. The van der Waals surface area contributed by atoms with Crippen molar-refractivity contribution in [1.29, 1.82) is 0 Å². The quantitative estimate of drug-likeness (QED) is 0.816. The average molecular weight is 267 g/mol. The van der Waals surface area contributed by atoms with Crippen LogP contribution in [-0.2, 0) is 5.41 Å². The molecule has 0 aromatic heterocycles. The summed E-state index contributed by atoms with van der Waals surface area (Å²) >= 11 is 3.74. The molecule has 0 saturated heterocycles. The van der Waals surface area contributed by atoms with Crippen molar-refractivity contribution in [2.24, 2.45) is 4.99 Å². The molecule has 1 aromatic rings. The molecule has 17 heavy (non-hydrogen) atoms. The van der Waals surface area contributed by atoms with E-state index in [0.717, 1.165) is 22.9 Å². The summed E-state index contributed by atoms with van der Waals surface area (Å²) in [6, 6.07) is 6.16. The van der Waals surface area contributed by atoms with Crippen LogP contribution in [0.5, 0.6) is 5.75 Å². The molecule has 0 unspecified atom stereocenters. The zero-order valence-electron chi connectivity index (χ0n) is 10.4. The summed E-state index contributed by atoms with van der Waals surface area (Å²) in [5, 5.41) is 0. The van der Waals surface area contributed by atoms with E-state index < -0.39 is 0 Å². The number of rotatable bonds is 5. The highest BCUT2D eigenvalue weighted by molar-refractivity contribution is 7.99. The molecule has 4 heteroatoms. The van der Waals surface area contributed by atoms with Gasteiger partial charge in [-0.15, -0.1) is 0 Å². The van der Waals surface area contributed by atoms with Gasteiger partial charge in [0.2, 0.25) is 0 Å². The van der Waals surface area contributed by atoms with Gasteiger partial charge in [-0.25, -0.2) is 0 Å². The molecule has 1 aliphatic heterocycles. The Morgan fingerprint density at radius 1 is 1.24 bits per heavy atom. The molecule has 92 valence electrons. The van der Waals surface area contributed by atoms with Gasteiger partial charge in [0, 0.05) is 17.7 Å². The predicted octanol–water partition coefficient (Wildman–Crippen LogP) is 3.37. The first-order valence-corrected chi connectivity index (χ1v) is 8.26. The Kier molecular flexibility index (Phi) is 4.05. The Bertz CT molecular complexity index is 425. The van der Waals surface area contributed by atoms with Gasteiger partial charge in [0.15, 0.2) is 0 Å². The summed E-state index contributed by atoms with van der Waals surface area (Å²) in [5.74, 6) is 3.05. The first kappa shape index (κ1) is 12.8. The maximum absolute atomic E-state index is 5.32. The lowest BCUT2D eigenvalue weighted by atomic mass is 9.86. The SMILES string of the molecule is COc1ccc2c(c1)C(CSC)(CSC)C=N2. The fourth-order valence-electron chi connectivity index (χ4n) is 2.20. The number of nitrogens with zero attached hydrogens (tertiary/aromatic N) is 1. The second-order valence-electron chi connectivity index (χ2n) is 4.16. The van der Waals surface area contributed by atoms with Crippen LogP contribution in [0.15, 0.2) is 23.2 Å². The van der Waals surface area contributed by atoms with Crippen LogP contribution in [0.4, 0.5) is 5.69 Å². The Labute approximate surface area is 111 Å². The minimum Gasteiger partial charge on any atom is -0.497 e. The van der Waals surface area contributed by atoms with Gasteiger partial charge in [-0.2, -0.15) is 23.5 Å². The summed E-state index contributed by atoms with van der Waals surface area (Å²) in [5.41, 5.74) is 2.47. The molecule has 0 fully saturated rings. The van der Waals surface area contributed by atoms with Crippen LogP contribution < -0.4 is 4.74 Å². The molecule has 0 aliphatic carbocycles. The van der Waals surface area contributed by atoms with Crippen LogP contribution in [0.25, 0.3) is 0 Å². The summed E-state index contributed by atoms with van der Waals surface area (Å²) in [6.45, 7) is 0. The second kappa shape index (κ2) is 5.36. The standard InChI is InChI=1S/C13H17NOS2/c1-15-10-4-5-12-11(6-10)13(7-14-12,8-16-2)9-17-3/h4-7H,8-9H2,1-3H3. The number of hydrogen-bond donors (Lipinski definition) is 0. The molecule has 0 saturated carbocycles. The first-order chi connectivity index (χ1) is 8.25. The number of ether oxygens (including phenoxy) is 1. The maximum Gasteiger partial charge on any atom is 0.119 e. The Hall–Kier alpha value is -0.610. The highest BCUT2D eigenvalue weighted by Gasteiger charge is 2.35. The molecule has 0 radical (unpaired) electrons. The van der Waals surface area contributed by atoms with Crippen molar-refractivity contribution < 1.29 is 4.74 Å². The van der Waals surface area contributed by atoms with Gasteiger partial charge in [0.25, 0.3) is 0 Å². The smallest absolute Gasteiger partial charge is 0.119 e. The number of hydrogen-bond acceptors (Lipinski definition) is 4. The van der Waals surface area contributed by atoms with Gasteiger partial charge >= 0.3 is 0 Å². The minimum atomic E-state index is 0.0721. The number of methoxy groups -OCH3 is 1. The largest absolute Gasteiger partial charge is 0.497 e. The van der Waals surface area contributed by atoms with E-state index in [4.69, 9.17) is 4.74 Å². The molecule has 0 amide bonds. The lowest BCUT2D eigenvalue weighted by Gasteiger charge is -2.26. The van der Waals surface area contributed by atoms with Crippen molar-refractivity contribution in [1.82, 2.24) is 0 Å². The van der Waals surface area contributed by atoms with Gasteiger partial charge in [-0.1, -0.05) is 0 Å². The van der Waals surface area contributed by atoms with Crippen LogP contribution in [0.2, 0.25) is 0 Å². The minimum absolute atomic E-state index is 0.0721. The molecule has 1 heterocycles. The fourth-order valence-corrected chi connectivity index (χ4v) is 4.03. The summed E-state index contributed by atoms with van der Waals surface area (Å²) in [4.78, 5) is 4.56. The van der Waals surface area contributed by atoms with Gasteiger partial charge in [0.1, 0.15) is 5.75 Å². The van der Waals surface area contributed by atoms with Crippen molar-refractivity contribution in [3.63, 3.8) is 0 Å². The molecule has 2 nitrogen and oxygen atoms in total. The number of thioether (sulfide) groups is 2. The van der Waals surface area contributed by atoms with Crippen LogP contribution in [-0.4, -0.2) is 37.3 Å². The molecule has 0 spiro atoms. The van der Waals surface area contributed by atoms with Crippen LogP contribution in [0, 0.1) is 0 Å². The van der Waals surface area contributed by atoms with Crippen molar-refractivity contribution >= 4 is 35.4 Å². The molecule has 2 rings (SSSR count). The molecule has 1 aromatic carbocycles. The number of benzene rings is 1. The van der Waals surface area contributed by atoms with Crippen molar-refractivity contribution in [3.05, 3.63) is 23.8 Å². The third-order valence-electron chi connectivity index (χ3n) is 2.99. The Balaban J connectivity index is 2.43. The van der Waals surface area contributed by atoms with E-state index in [9.17, 15) is 0 Å². The molecule has 0 N–H and O–H groups in total. The molecule has 0 bridgehead atoms. The monoisotopic (exact) mass is 267 g/mol. The number of fused-ring (bicyclic) bond motifs is 1. The maximum atomic E-state index is 5.32. The van der Waals surface area contributed by atoms with E-state index in [-0.39, 0.29) is 5.41 Å². The lowest BCUT2D eigenvalue weighted by Crippen LogP contribution is -2.31. The van der Waals surface area contributed by atoms with Crippen molar-refractivity contribution in [2.75, 3.05) is 31.1 Å². The predicted molar refractivity (Wildman–Crippen MR) is 79.6 cm³/mol. The zero-order chi connectivity index (χ0) is 12.3. The lowest BCUT2D eigenvalue weighted by molar-refractivity contribution is 0.414. The Morgan fingerprint density at radius 3 is 2.53 bits per heavy atom. The first-order valence-electron chi connectivity index (χ1n) is 5.47. The van der Waals surface area contributed by atoms with Gasteiger partial charge in [-0.05, 0) is 36.3 Å². The average Bonchev–Trinajstić information content (AvgIpc) is 2.69. The summed E-state index contributed by atoms with van der Waals surface area (Å²) < 4.78 is 5.32. The Morgan fingerprint density at radius 2 is 1.94 bits per heavy atom. The van der Waals surface area contributed by atoms with Crippen molar-refractivity contribution in [2.45, 2.75) is 5.41 Å². The van der Waals surface area contributed by atoms with Crippen LogP contribution in [0.3, 0.4) is 0 Å². The highest BCUT2D eigenvalue weighted by Crippen LogP contribution is 2.42. The second-order valence-corrected chi connectivity index (χ2v) is 5.90. The van der Waals surface area contributed by atoms with E-state index in [1.165, 1.54) is 5.56 Å². The fraction of sp³-hybridized carbons (Fsp3) is 0.462. The van der Waals surface area contributed by atoms with E-state index in [1.54, 1.807) is 7.11 Å². The normalized spacial score (nSPS) is 15.9. The van der Waals surface area contributed by atoms with E-state index in [2.05, 4.69) is 29.8 Å². The highest BCUT2D eigenvalue weighted by atomic mass is 32.2. The number of aliphatic imine (C=N–C) groups is 1.